The van der Waals surface area contributed by atoms with Crippen LogP contribution in [-0.2, 0) is 0 Å². The first-order valence-electron chi connectivity index (χ1n) is 5.24. The normalized spacial score (nSPS) is 27.6. The Morgan fingerprint density at radius 2 is 2.14 bits per heavy atom. The predicted molar refractivity (Wildman–Crippen MR) is 55.8 cm³/mol. The van der Waals surface area contributed by atoms with E-state index in [1.54, 1.807) is 12.1 Å². The second-order valence-electron chi connectivity index (χ2n) is 4.10. The first kappa shape index (κ1) is 9.66. The van der Waals surface area contributed by atoms with Crippen LogP contribution in [0.4, 0.5) is 4.39 Å². The predicted octanol–water partition coefficient (Wildman–Crippen LogP) is 2.54. The highest BCUT2D eigenvalue weighted by molar-refractivity contribution is 5.23. The highest BCUT2D eigenvalue weighted by atomic mass is 19.1. The minimum atomic E-state index is -0.0620. The molecule has 1 aromatic carbocycles. The summed E-state index contributed by atoms with van der Waals surface area (Å²) in [7, 11) is 0. The standard InChI is InChI=1S/C12H16FN/c1-9-6-7-14-8-11(9)10-4-2-3-5-12(10)13/h2-5,9,11,14H,6-8H2,1H3. The molecule has 1 aliphatic heterocycles. The van der Waals surface area contributed by atoms with Crippen molar-refractivity contribution in [2.45, 2.75) is 19.3 Å². The molecule has 1 N–H and O–H groups in total. The Labute approximate surface area is 84.3 Å². The van der Waals surface area contributed by atoms with Crippen LogP contribution in [0, 0.1) is 11.7 Å². The van der Waals surface area contributed by atoms with E-state index in [-0.39, 0.29) is 5.82 Å². The maximum atomic E-state index is 13.5. The van der Waals surface area contributed by atoms with E-state index < -0.39 is 0 Å². The molecule has 1 aliphatic rings. The molecule has 2 rings (SSSR count). The van der Waals surface area contributed by atoms with Crippen LogP contribution in [0.3, 0.4) is 0 Å². The van der Waals surface area contributed by atoms with Gasteiger partial charge in [0, 0.05) is 12.5 Å². The van der Waals surface area contributed by atoms with Crippen molar-refractivity contribution in [3.8, 4) is 0 Å². The van der Waals surface area contributed by atoms with Gasteiger partial charge in [0.2, 0.25) is 0 Å². The monoisotopic (exact) mass is 193 g/mol. The van der Waals surface area contributed by atoms with Crippen molar-refractivity contribution in [2.24, 2.45) is 5.92 Å². The minimum Gasteiger partial charge on any atom is -0.316 e. The molecule has 0 amide bonds. The smallest absolute Gasteiger partial charge is 0.126 e. The maximum Gasteiger partial charge on any atom is 0.126 e. The molecule has 1 aromatic rings. The topological polar surface area (TPSA) is 12.0 Å². The first-order valence-corrected chi connectivity index (χ1v) is 5.24. The number of hydrogen-bond donors (Lipinski definition) is 1. The van der Waals surface area contributed by atoms with Gasteiger partial charge in [0.15, 0.2) is 0 Å². The maximum absolute atomic E-state index is 13.5. The second-order valence-corrected chi connectivity index (χ2v) is 4.10. The molecule has 1 fully saturated rings. The van der Waals surface area contributed by atoms with E-state index in [4.69, 9.17) is 0 Å². The highest BCUT2D eigenvalue weighted by Gasteiger charge is 2.24. The largest absolute Gasteiger partial charge is 0.316 e. The van der Waals surface area contributed by atoms with E-state index >= 15 is 0 Å². The van der Waals surface area contributed by atoms with Crippen LogP contribution in [0.2, 0.25) is 0 Å². The van der Waals surface area contributed by atoms with Gasteiger partial charge in [0.25, 0.3) is 0 Å². The lowest BCUT2D eigenvalue weighted by atomic mass is 9.82. The molecule has 0 aromatic heterocycles. The summed E-state index contributed by atoms with van der Waals surface area (Å²) in [5.74, 6) is 0.853. The number of halogens is 1. The Kier molecular flexibility index (Phi) is 2.82. The fraction of sp³-hybridized carbons (Fsp3) is 0.500. The van der Waals surface area contributed by atoms with E-state index in [1.807, 2.05) is 12.1 Å². The van der Waals surface area contributed by atoms with Crippen molar-refractivity contribution in [3.63, 3.8) is 0 Å². The fourth-order valence-electron chi connectivity index (χ4n) is 2.18. The van der Waals surface area contributed by atoms with Crippen molar-refractivity contribution in [2.75, 3.05) is 13.1 Å². The van der Waals surface area contributed by atoms with E-state index in [1.165, 1.54) is 0 Å². The van der Waals surface area contributed by atoms with Gasteiger partial charge in [-0.1, -0.05) is 25.1 Å². The second kappa shape index (κ2) is 4.09. The summed E-state index contributed by atoms with van der Waals surface area (Å²) in [6.07, 6.45) is 1.14. The van der Waals surface area contributed by atoms with Gasteiger partial charge in [-0.25, -0.2) is 4.39 Å². The molecule has 1 nitrogen and oxygen atoms in total. The third-order valence-corrected chi connectivity index (χ3v) is 3.13. The van der Waals surface area contributed by atoms with Crippen molar-refractivity contribution in [1.29, 1.82) is 0 Å². The zero-order chi connectivity index (χ0) is 9.97. The summed E-state index contributed by atoms with van der Waals surface area (Å²) in [5, 5.41) is 3.32. The molecule has 1 heterocycles. The molecule has 0 saturated carbocycles. The number of piperidine rings is 1. The first-order chi connectivity index (χ1) is 6.79. The van der Waals surface area contributed by atoms with Crippen molar-refractivity contribution >= 4 is 0 Å². The number of hydrogen-bond acceptors (Lipinski definition) is 1. The van der Waals surface area contributed by atoms with E-state index in [0.29, 0.717) is 11.8 Å². The van der Waals surface area contributed by atoms with Crippen molar-refractivity contribution in [3.05, 3.63) is 35.6 Å². The van der Waals surface area contributed by atoms with E-state index in [2.05, 4.69) is 12.2 Å². The summed E-state index contributed by atoms with van der Waals surface area (Å²) in [6, 6.07) is 7.12. The average molecular weight is 193 g/mol. The molecule has 0 spiro atoms. The van der Waals surface area contributed by atoms with Gasteiger partial charge in [0.1, 0.15) is 5.82 Å². The Balaban J connectivity index is 2.25. The van der Waals surface area contributed by atoms with Crippen LogP contribution in [0.15, 0.2) is 24.3 Å². The molecule has 76 valence electrons. The molecule has 2 heteroatoms. The van der Waals surface area contributed by atoms with Crippen LogP contribution in [0.1, 0.15) is 24.8 Å². The van der Waals surface area contributed by atoms with Crippen LogP contribution < -0.4 is 5.32 Å². The Hall–Kier alpha value is -0.890. The van der Waals surface area contributed by atoms with Gasteiger partial charge in [0.05, 0.1) is 0 Å². The molecule has 2 unspecified atom stereocenters. The third kappa shape index (κ3) is 1.80. The van der Waals surface area contributed by atoms with E-state index in [9.17, 15) is 4.39 Å². The minimum absolute atomic E-state index is 0.0620. The van der Waals surface area contributed by atoms with Gasteiger partial charge in [-0.05, 0) is 30.5 Å². The summed E-state index contributed by atoms with van der Waals surface area (Å²) in [6.45, 7) is 4.17. The zero-order valence-corrected chi connectivity index (χ0v) is 8.46. The van der Waals surface area contributed by atoms with Crippen molar-refractivity contribution in [1.82, 2.24) is 5.32 Å². The summed E-state index contributed by atoms with van der Waals surface area (Å²) in [4.78, 5) is 0. The molecule has 14 heavy (non-hydrogen) atoms. The van der Waals surface area contributed by atoms with Crippen LogP contribution in [0.5, 0.6) is 0 Å². The quantitative estimate of drug-likeness (QED) is 0.722. The highest BCUT2D eigenvalue weighted by Crippen LogP contribution is 2.30. The van der Waals surface area contributed by atoms with Gasteiger partial charge >= 0.3 is 0 Å². The molecule has 1 saturated heterocycles. The zero-order valence-electron chi connectivity index (χ0n) is 8.46. The van der Waals surface area contributed by atoms with Gasteiger partial charge < -0.3 is 5.32 Å². The molecular weight excluding hydrogens is 177 g/mol. The lowest BCUT2D eigenvalue weighted by Crippen LogP contribution is -2.34. The summed E-state index contributed by atoms with van der Waals surface area (Å²) in [5.41, 5.74) is 0.868. The number of rotatable bonds is 1. The molecular formula is C12H16FN. The van der Waals surface area contributed by atoms with Gasteiger partial charge in [-0.3, -0.25) is 0 Å². The SMILES string of the molecule is CC1CCNCC1c1ccccc1F. The van der Waals surface area contributed by atoms with Gasteiger partial charge in [-0.2, -0.15) is 0 Å². The molecule has 2 atom stereocenters. The fourth-order valence-corrected chi connectivity index (χ4v) is 2.18. The summed E-state index contributed by atoms with van der Waals surface area (Å²) < 4.78 is 13.5. The molecule has 0 radical (unpaired) electrons. The summed E-state index contributed by atoms with van der Waals surface area (Å²) >= 11 is 0. The van der Waals surface area contributed by atoms with E-state index in [0.717, 1.165) is 25.1 Å². The lowest BCUT2D eigenvalue weighted by molar-refractivity contribution is 0.340. The molecule has 0 aliphatic carbocycles. The van der Waals surface area contributed by atoms with Crippen LogP contribution in [-0.4, -0.2) is 13.1 Å². The molecule has 0 bridgehead atoms. The Bertz CT molecular complexity index is 311. The van der Waals surface area contributed by atoms with Crippen molar-refractivity contribution < 1.29 is 4.39 Å². The Morgan fingerprint density at radius 1 is 1.36 bits per heavy atom. The average Bonchev–Trinajstić information content (AvgIpc) is 2.20. The number of benzene rings is 1. The Morgan fingerprint density at radius 3 is 2.86 bits per heavy atom. The lowest BCUT2D eigenvalue weighted by Gasteiger charge is -2.30. The van der Waals surface area contributed by atoms with Crippen LogP contribution in [0.25, 0.3) is 0 Å². The third-order valence-electron chi connectivity index (χ3n) is 3.13. The number of nitrogens with one attached hydrogen (secondary N) is 1. The van der Waals surface area contributed by atoms with Gasteiger partial charge in [-0.15, -0.1) is 0 Å². The van der Waals surface area contributed by atoms with Crippen LogP contribution >= 0.6 is 0 Å².